The predicted molar refractivity (Wildman–Crippen MR) is 101 cm³/mol. The molecule has 0 fully saturated rings. The lowest BCUT2D eigenvalue weighted by atomic mass is 10.0. The molecule has 0 radical (unpaired) electrons. The maximum atomic E-state index is 12.4. The average Bonchev–Trinajstić information content (AvgIpc) is 3.29. The van der Waals surface area contributed by atoms with E-state index in [0.29, 0.717) is 17.9 Å². The van der Waals surface area contributed by atoms with Gasteiger partial charge in [-0.05, 0) is 43.6 Å². The Kier molecular flexibility index (Phi) is 4.04. The Balaban J connectivity index is 1.89. The van der Waals surface area contributed by atoms with Crippen LogP contribution in [-0.4, -0.2) is 32.4 Å². The summed E-state index contributed by atoms with van der Waals surface area (Å²) in [7, 11) is 1.97. The summed E-state index contributed by atoms with van der Waals surface area (Å²) in [6.45, 7) is 4.38. The number of rotatable bonds is 4. The fourth-order valence-electron chi connectivity index (χ4n) is 3.08. The maximum absolute atomic E-state index is 12.4. The van der Waals surface area contributed by atoms with E-state index in [-0.39, 0.29) is 5.91 Å². The summed E-state index contributed by atoms with van der Waals surface area (Å²) in [5, 5.41) is 9.18. The van der Waals surface area contributed by atoms with E-state index in [1.54, 1.807) is 0 Å². The van der Waals surface area contributed by atoms with Gasteiger partial charge in [-0.25, -0.2) is 5.43 Å². The molecule has 1 amide bonds. The number of aryl methyl sites for hydroxylation is 2. The molecule has 7 nitrogen and oxygen atoms in total. The van der Waals surface area contributed by atoms with Crippen LogP contribution in [0, 0.1) is 6.92 Å². The zero-order valence-corrected chi connectivity index (χ0v) is 15.4. The lowest BCUT2D eigenvalue weighted by molar-refractivity contribution is -0.116. The molecular formula is C18H17N5O2S. The molecule has 0 spiro atoms. The third-order valence-corrected chi connectivity index (χ3v) is 5.08. The number of carbonyl (C=O) groups is 1. The number of fused-ring (bicyclic) bond motifs is 1. The first kappa shape index (κ1) is 16.5. The second kappa shape index (κ2) is 6.38. The second-order valence-corrected chi connectivity index (χ2v) is 6.68. The summed E-state index contributed by atoms with van der Waals surface area (Å²) in [6.07, 6.45) is 3.84. The number of hydrogen-bond acceptors (Lipinski definition) is 6. The van der Waals surface area contributed by atoms with Crippen LogP contribution < -0.4 is 10.2 Å². The zero-order chi connectivity index (χ0) is 18.3. The summed E-state index contributed by atoms with van der Waals surface area (Å²) in [6, 6.07) is 5.93. The SMILES string of the molecule is CCOc1cccc2c1c(/C=C1/C(=O)NN=C1c1snnc1C)cn2C. The summed E-state index contributed by atoms with van der Waals surface area (Å²) < 4.78 is 11.8. The Bertz CT molecular complexity index is 1080. The van der Waals surface area contributed by atoms with Crippen LogP contribution in [0.15, 0.2) is 35.1 Å². The van der Waals surface area contributed by atoms with Crippen molar-refractivity contribution >= 4 is 40.1 Å². The fourth-order valence-corrected chi connectivity index (χ4v) is 3.74. The van der Waals surface area contributed by atoms with Crippen molar-refractivity contribution in [3.8, 4) is 5.75 Å². The molecule has 4 rings (SSSR count). The molecule has 0 bridgehead atoms. The molecule has 1 aliphatic rings. The molecule has 1 aromatic carbocycles. The fraction of sp³-hybridized carbons (Fsp3) is 0.222. The molecule has 0 aliphatic carbocycles. The summed E-state index contributed by atoms with van der Waals surface area (Å²) in [5.41, 5.74) is 6.31. The first-order valence-electron chi connectivity index (χ1n) is 8.20. The molecule has 8 heteroatoms. The largest absolute Gasteiger partial charge is 0.493 e. The molecule has 1 N–H and O–H groups in total. The molecular weight excluding hydrogens is 350 g/mol. The Hall–Kier alpha value is -3.00. The number of aromatic nitrogens is 3. The van der Waals surface area contributed by atoms with Crippen LogP contribution in [0.25, 0.3) is 17.0 Å². The maximum Gasteiger partial charge on any atom is 0.273 e. The van der Waals surface area contributed by atoms with Gasteiger partial charge in [-0.3, -0.25) is 4.79 Å². The first-order chi connectivity index (χ1) is 12.6. The third kappa shape index (κ3) is 2.59. The molecule has 0 unspecified atom stereocenters. The Labute approximate surface area is 154 Å². The van der Waals surface area contributed by atoms with Crippen LogP contribution in [0.2, 0.25) is 0 Å². The average molecular weight is 367 g/mol. The zero-order valence-electron chi connectivity index (χ0n) is 14.6. The number of nitrogens with zero attached hydrogens (tertiary/aromatic N) is 4. The molecule has 3 heterocycles. The van der Waals surface area contributed by atoms with Crippen molar-refractivity contribution in [2.45, 2.75) is 13.8 Å². The van der Waals surface area contributed by atoms with Crippen molar-refractivity contribution < 1.29 is 9.53 Å². The molecule has 26 heavy (non-hydrogen) atoms. The van der Waals surface area contributed by atoms with Gasteiger partial charge in [0, 0.05) is 24.2 Å². The van der Waals surface area contributed by atoms with E-state index in [9.17, 15) is 4.79 Å². The molecule has 0 saturated carbocycles. The van der Waals surface area contributed by atoms with Crippen molar-refractivity contribution in [2.75, 3.05) is 6.61 Å². The highest BCUT2D eigenvalue weighted by Gasteiger charge is 2.27. The monoisotopic (exact) mass is 367 g/mol. The van der Waals surface area contributed by atoms with E-state index in [2.05, 4.69) is 20.1 Å². The van der Waals surface area contributed by atoms with E-state index in [1.807, 2.05) is 55.9 Å². The first-order valence-corrected chi connectivity index (χ1v) is 8.97. The van der Waals surface area contributed by atoms with E-state index >= 15 is 0 Å². The minimum absolute atomic E-state index is 0.237. The smallest absolute Gasteiger partial charge is 0.273 e. The van der Waals surface area contributed by atoms with Gasteiger partial charge >= 0.3 is 0 Å². The minimum Gasteiger partial charge on any atom is -0.493 e. The number of ether oxygens (including phenoxy) is 1. The van der Waals surface area contributed by atoms with Gasteiger partial charge < -0.3 is 9.30 Å². The number of benzene rings is 1. The predicted octanol–water partition coefficient (Wildman–Crippen LogP) is 2.65. The van der Waals surface area contributed by atoms with Crippen LogP contribution in [0.5, 0.6) is 5.75 Å². The molecule has 0 saturated heterocycles. The van der Waals surface area contributed by atoms with E-state index in [4.69, 9.17) is 4.74 Å². The minimum atomic E-state index is -0.237. The van der Waals surface area contributed by atoms with Crippen LogP contribution in [-0.2, 0) is 11.8 Å². The number of hydrogen-bond donors (Lipinski definition) is 1. The van der Waals surface area contributed by atoms with Gasteiger partial charge in [-0.2, -0.15) is 5.10 Å². The molecule has 0 atom stereocenters. The number of carbonyl (C=O) groups excluding carboxylic acids is 1. The standard InChI is InChI=1S/C18H17N5O2S/c1-4-25-14-7-5-6-13-15(14)11(9-23(13)3)8-12-16(20-21-18(12)24)17-10(2)19-22-26-17/h5-9H,4H2,1-3H3,(H,21,24)/b12-8+. The normalized spacial score (nSPS) is 15.6. The highest BCUT2D eigenvalue weighted by molar-refractivity contribution is 7.08. The van der Waals surface area contributed by atoms with Crippen LogP contribution in [0.3, 0.4) is 0 Å². The summed E-state index contributed by atoms with van der Waals surface area (Å²) >= 11 is 1.23. The molecule has 1 aliphatic heterocycles. The summed E-state index contributed by atoms with van der Waals surface area (Å²) in [5.74, 6) is 0.559. The lowest BCUT2D eigenvalue weighted by Crippen LogP contribution is -2.13. The Morgan fingerprint density at radius 1 is 1.38 bits per heavy atom. The Morgan fingerprint density at radius 2 is 2.23 bits per heavy atom. The van der Waals surface area contributed by atoms with Crippen LogP contribution in [0.1, 0.15) is 23.1 Å². The number of hydrazone groups is 1. The van der Waals surface area contributed by atoms with Crippen molar-refractivity contribution in [1.82, 2.24) is 19.6 Å². The van der Waals surface area contributed by atoms with Gasteiger partial charge in [0.1, 0.15) is 11.5 Å². The highest BCUT2D eigenvalue weighted by atomic mass is 32.1. The highest BCUT2D eigenvalue weighted by Crippen LogP contribution is 2.33. The van der Waals surface area contributed by atoms with E-state index in [0.717, 1.165) is 32.8 Å². The summed E-state index contributed by atoms with van der Waals surface area (Å²) in [4.78, 5) is 13.2. The van der Waals surface area contributed by atoms with Gasteiger partial charge in [0.05, 0.1) is 28.3 Å². The van der Waals surface area contributed by atoms with Crippen molar-refractivity contribution in [1.29, 1.82) is 0 Å². The van der Waals surface area contributed by atoms with E-state index < -0.39 is 0 Å². The van der Waals surface area contributed by atoms with Gasteiger partial charge in [-0.1, -0.05) is 10.6 Å². The Morgan fingerprint density at radius 3 is 2.96 bits per heavy atom. The molecule has 3 aromatic rings. The second-order valence-electron chi connectivity index (χ2n) is 5.93. The molecule has 132 valence electrons. The molecule has 2 aromatic heterocycles. The van der Waals surface area contributed by atoms with Crippen molar-refractivity contribution in [2.24, 2.45) is 12.1 Å². The van der Waals surface area contributed by atoms with Crippen molar-refractivity contribution in [3.05, 3.63) is 46.1 Å². The van der Waals surface area contributed by atoms with Gasteiger partial charge in [-0.15, -0.1) is 5.10 Å². The van der Waals surface area contributed by atoms with E-state index in [1.165, 1.54) is 11.5 Å². The quantitative estimate of drug-likeness (QED) is 0.719. The topological polar surface area (TPSA) is 81.4 Å². The van der Waals surface area contributed by atoms with Crippen molar-refractivity contribution in [3.63, 3.8) is 0 Å². The van der Waals surface area contributed by atoms with Gasteiger partial charge in [0.15, 0.2) is 0 Å². The lowest BCUT2D eigenvalue weighted by Gasteiger charge is -2.06. The number of nitrogens with one attached hydrogen (secondary N) is 1. The van der Waals surface area contributed by atoms with Crippen LogP contribution >= 0.6 is 11.5 Å². The third-order valence-electron chi connectivity index (χ3n) is 4.24. The van der Waals surface area contributed by atoms with Gasteiger partial charge in [0.2, 0.25) is 0 Å². The van der Waals surface area contributed by atoms with Gasteiger partial charge in [0.25, 0.3) is 5.91 Å². The number of amides is 1. The van der Waals surface area contributed by atoms with Crippen LogP contribution in [0.4, 0.5) is 0 Å².